The van der Waals surface area contributed by atoms with Gasteiger partial charge in [-0.05, 0) is 62.0 Å². The summed E-state index contributed by atoms with van der Waals surface area (Å²) in [4.78, 5) is 0. The Hall–Kier alpha value is -0.900. The van der Waals surface area contributed by atoms with Gasteiger partial charge in [0, 0.05) is 33.4 Å². The first-order chi connectivity index (χ1) is 13.3. The van der Waals surface area contributed by atoms with E-state index in [9.17, 15) is 0 Å². The molecular formula is C24H40O3. The van der Waals surface area contributed by atoms with E-state index in [0.717, 1.165) is 39.1 Å². The highest BCUT2D eigenvalue weighted by atomic mass is 16.5. The van der Waals surface area contributed by atoms with E-state index < -0.39 is 0 Å². The first-order valence-electron chi connectivity index (χ1n) is 10.9. The summed E-state index contributed by atoms with van der Waals surface area (Å²) < 4.78 is 16.8. The Bertz CT molecular complexity index is 469. The summed E-state index contributed by atoms with van der Waals surface area (Å²) in [5.41, 5.74) is 2.92. The van der Waals surface area contributed by atoms with E-state index in [1.54, 1.807) is 14.2 Å². The number of ether oxygens (including phenoxy) is 3. The van der Waals surface area contributed by atoms with Gasteiger partial charge < -0.3 is 14.2 Å². The number of unbranched alkanes of at least 4 members (excludes halogenated alkanes) is 2. The van der Waals surface area contributed by atoms with Crippen LogP contribution in [0.1, 0.15) is 75.3 Å². The van der Waals surface area contributed by atoms with Gasteiger partial charge in [-0.25, -0.2) is 0 Å². The molecule has 3 heteroatoms. The van der Waals surface area contributed by atoms with Gasteiger partial charge in [-0.15, -0.1) is 0 Å². The maximum Gasteiger partial charge on any atom is 0.0578 e. The van der Waals surface area contributed by atoms with Crippen molar-refractivity contribution in [3.05, 3.63) is 35.4 Å². The second-order valence-corrected chi connectivity index (χ2v) is 8.09. The average molecular weight is 377 g/mol. The highest BCUT2D eigenvalue weighted by Gasteiger charge is 2.25. The van der Waals surface area contributed by atoms with Gasteiger partial charge in [-0.3, -0.25) is 0 Å². The fraction of sp³-hybridized carbons (Fsp3) is 0.750. The van der Waals surface area contributed by atoms with Gasteiger partial charge in [0.25, 0.3) is 0 Å². The van der Waals surface area contributed by atoms with Crippen molar-refractivity contribution in [1.29, 1.82) is 0 Å². The molecule has 1 fully saturated rings. The first kappa shape index (κ1) is 22.4. The summed E-state index contributed by atoms with van der Waals surface area (Å²) in [5.74, 6) is 1.19. The van der Waals surface area contributed by atoms with Crippen LogP contribution in [0.5, 0.6) is 0 Å². The molecule has 3 nitrogen and oxygen atoms in total. The lowest BCUT2D eigenvalue weighted by Gasteiger charge is -2.31. The molecule has 0 aliphatic carbocycles. The molecule has 1 aliphatic rings. The predicted molar refractivity (Wildman–Crippen MR) is 112 cm³/mol. The summed E-state index contributed by atoms with van der Waals surface area (Å²) in [6.45, 7) is 4.78. The molecule has 0 spiro atoms. The Morgan fingerprint density at radius 1 is 1.00 bits per heavy atom. The molecule has 27 heavy (non-hydrogen) atoms. The quantitative estimate of drug-likeness (QED) is 0.410. The van der Waals surface area contributed by atoms with E-state index in [2.05, 4.69) is 31.2 Å². The van der Waals surface area contributed by atoms with Crippen LogP contribution in [0.4, 0.5) is 0 Å². The molecule has 1 aromatic rings. The zero-order chi connectivity index (χ0) is 19.3. The largest absolute Gasteiger partial charge is 0.385 e. The molecule has 2 atom stereocenters. The minimum absolute atomic E-state index is 0.397. The minimum atomic E-state index is 0.397. The molecule has 1 aromatic carbocycles. The van der Waals surface area contributed by atoms with Crippen LogP contribution < -0.4 is 0 Å². The maximum atomic E-state index is 6.26. The molecule has 0 radical (unpaired) electrons. The van der Waals surface area contributed by atoms with Crippen molar-refractivity contribution >= 4 is 0 Å². The van der Waals surface area contributed by atoms with Crippen molar-refractivity contribution in [1.82, 2.24) is 0 Å². The summed E-state index contributed by atoms with van der Waals surface area (Å²) in [7, 11) is 3.56. The van der Waals surface area contributed by atoms with Crippen LogP contribution in [0.2, 0.25) is 0 Å². The van der Waals surface area contributed by atoms with Gasteiger partial charge in [-0.2, -0.15) is 0 Å². The van der Waals surface area contributed by atoms with Gasteiger partial charge in [-0.1, -0.05) is 44.0 Å². The lowest BCUT2D eigenvalue weighted by atomic mass is 9.86. The predicted octanol–water partition coefficient (Wildman–Crippen LogP) is 5.76. The third kappa shape index (κ3) is 8.33. The van der Waals surface area contributed by atoms with Gasteiger partial charge in [0.05, 0.1) is 12.7 Å². The summed E-state index contributed by atoms with van der Waals surface area (Å²) >= 11 is 0. The molecule has 1 aliphatic heterocycles. The van der Waals surface area contributed by atoms with E-state index in [1.165, 1.54) is 49.7 Å². The number of aryl methyl sites for hydroxylation is 1. The molecule has 2 unspecified atom stereocenters. The Labute approximate surface area is 166 Å². The van der Waals surface area contributed by atoms with Crippen LogP contribution in [0.15, 0.2) is 24.3 Å². The Kier molecular flexibility index (Phi) is 11.0. The van der Waals surface area contributed by atoms with Crippen molar-refractivity contribution < 1.29 is 14.2 Å². The standard InChI is InChI=1S/C24H40O3/c1-4-5-6-7-20-8-10-22(11-9-20)23-12-13-24(27-19-23)18-21(14-16-25-2)15-17-26-3/h8-11,21,23-24H,4-7,12-19H2,1-3H3. The van der Waals surface area contributed by atoms with E-state index >= 15 is 0 Å². The van der Waals surface area contributed by atoms with Gasteiger partial charge >= 0.3 is 0 Å². The van der Waals surface area contributed by atoms with Crippen molar-refractivity contribution in [2.45, 2.75) is 76.7 Å². The fourth-order valence-electron chi connectivity index (χ4n) is 4.11. The zero-order valence-electron chi connectivity index (χ0n) is 17.8. The normalized spacial score (nSPS) is 20.3. The van der Waals surface area contributed by atoms with Gasteiger partial charge in [0.15, 0.2) is 0 Å². The van der Waals surface area contributed by atoms with E-state index in [-0.39, 0.29) is 0 Å². The fourth-order valence-corrected chi connectivity index (χ4v) is 4.11. The second kappa shape index (κ2) is 13.3. The molecule has 2 rings (SSSR count). The topological polar surface area (TPSA) is 27.7 Å². The zero-order valence-corrected chi connectivity index (χ0v) is 17.8. The van der Waals surface area contributed by atoms with Gasteiger partial charge in [0.1, 0.15) is 0 Å². The smallest absolute Gasteiger partial charge is 0.0578 e. The molecule has 1 heterocycles. The molecule has 1 saturated heterocycles. The van der Waals surface area contributed by atoms with Gasteiger partial charge in [0.2, 0.25) is 0 Å². The highest BCUT2D eigenvalue weighted by Crippen LogP contribution is 2.32. The Balaban J connectivity index is 1.76. The maximum absolute atomic E-state index is 6.26. The number of benzene rings is 1. The molecule has 0 bridgehead atoms. The second-order valence-electron chi connectivity index (χ2n) is 8.09. The Morgan fingerprint density at radius 2 is 1.70 bits per heavy atom. The summed E-state index contributed by atoms with van der Waals surface area (Å²) in [6, 6.07) is 9.30. The molecule has 0 amide bonds. The highest BCUT2D eigenvalue weighted by molar-refractivity contribution is 5.26. The van der Waals surface area contributed by atoms with Crippen molar-refractivity contribution in [3.8, 4) is 0 Å². The average Bonchev–Trinajstić information content (AvgIpc) is 2.71. The number of methoxy groups -OCH3 is 2. The molecule has 0 N–H and O–H groups in total. The van der Waals surface area contributed by atoms with Crippen LogP contribution in [-0.4, -0.2) is 40.1 Å². The monoisotopic (exact) mass is 376 g/mol. The summed E-state index contributed by atoms with van der Waals surface area (Å²) in [6.07, 6.45) is 11.3. The van der Waals surface area contributed by atoms with E-state index in [4.69, 9.17) is 14.2 Å². The molecule has 0 aromatic heterocycles. The van der Waals surface area contributed by atoms with E-state index in [0.29, 0.717) is 17.9 Å². The lowest BCUT2D eigenvalue weighted by Crippen LogP contribution is -2.27. The van der Waals surface area contributed by atoms with Crippen molar-refractivity contribution in [3.63, 3.8) is 0 Å². The van der Waals surface area contributed by atoms with Crippen LogP contribution >= 0.6 is 0 Å². The van der Waals surface area contributed by atoms with Crippen LogP contribution in [0.25, 0.3) is 0 Å². The van der Waals surface area contributed by atoms with Crippen molar-refractivity contribution in [2.75, 3.05) is 34.0 Å². The van der Waals surface area contributed by atoms with E-state index in [1.807, 2.05) is 0 Å². The third-order valence-electron chi connectivity index (χ3n) is 5.95. The van der Waals surface area contributed by atoms with Crippen LogP contribution in [0.3, 0.4) is 0 Å². The number of hydrogen-bond acceptors (Lipinski definition) is 3. The van der Waals surface area contributed by atoms with Crippen LogP contribution in [-0.2, 0) is 20.6 Å². The van der Waals surface area contributed by atoms with Crippen molar-refractivity contribution in [2.24, 2.45) is 5.92 Å². The minimum Gasteiger partial charge on any atom is -0.385 e. The summed E-state index contributed by atoms with van der Waals surface area (Å²) in [5, 5.41) is 0. The van der Waals surface area contributed by atoms with Crippen LogP contribution in [0, 0.1) is 5.92 Å². The lowest BCUT2D eigenvalue weighted by molar-refractivity contribution is -0.0147. The molecule has 0 saturated carbocycles. The Morgan fingerprint density at radius 3 is 2.26 bits per heavy atom. The number of rotatable bonds is 13. The first-order valence-corrected chi connectivity index (χ1v) is 10.9. The molecule has 154 valence electrons. The third-order valence-corrected chi connectivity index (χ3v) is 5.95. The SMILES string of the molecule is CCCCCc1ccc(C2CCC(CC(CCOC)CCOC)OC2)cc1. The molecular weight excluding hydrogens is 336 g/mol. The number of hydrogen-bond donors (Lipinski definition) is 0.